The first kappa shape index (κ1) is 2.85. The van der Waals surface area contributed by atoms with Gasteiger partial charge in [0.25, 0.3) is 0 Å². The highest BCUT2D eigenvalue weighted by Crippen LogP contribution is 1.55. The van der Waals surface area contributed by atoms with E-state index in [0.29, 0.717) is 0 Å². The van der Waals surface area contributed by atoms with Crippen molar-refractivity contribution in [3.8, 4) is 0 Å². The third-order valence-electron chi connectivity index (χ3n) is 0.186. The first-order valence-corrected chi connectivity index (χ1v) is 1.40. The maximum absolute atomic E-state index is 9.69. The Hall–Kier alpha value is -0.370. The Labute approximate surface area is 32.4 Å². The summed E-state index contributed by atoms with van der Waals surface area (Å²) in [6.45, 7) is 1.48. The number of carbonyl (C=O) groups excluding carboxylic acids is 1. The van der Waals surface area contributed by atoms with Crippen molar-refractivity contribution in [2.75, 3.05) is 0 Å². The second-order valence-corrected chi connectivity index (χ2v) is 0.907. The van der Waals surface area contributed by atoms with Crippen LogP contribution < -0.4 is 5.73 Å². The lowest BCUT2D eigenvalue weighted by molar-refractivity contribution is -0.108. The summed E-state index contributed by atoms with van der Waals surface area (Å²) in [6.07, 6.45) is -0.713. The Morgan fingerprint density at radius 3 is 2.60 bits per heavy atom. The van der Waals surface area contributed by atoms with Crippen LogP contribution in [0.3, 0.4) is 0 Å². The average Bonchev–Trinajstić information content (AvgIpc) is 1.36. The van der Waals surface area contributed by atoms with E-state index in [-0.39, 0.29) is 0 Å². The predicted octanol–water partition coefficient (Wildman–Crippen LogP) is -0.467. The largest absolute Gasteiger partial charge is 0.322 e. The van der Waals surface area contributed by atoms with E-state index < -0.39 is 12.3 Å². The molecule has 0 aliphatic heterocycles. The van der Waals surface area contributed by atoms with Crippen molar-refractivity contribution in [2.24, 2.45) is 5.73 Å². The normalized spacial score (nSPS) is 16.8. The maximum atomic E-state index is 9.69. The second kappa shape index (κ2) is 1.91. The number of rotatable bonds is 1. The topological polar surface area (TPSA) is 43.1 Å². The monoisotopic (exact) mass is 74.1 g/mol. The van der Waals surface area contributed by atoms with Crippen LogP contribution >= 0.6 is 0 Å². The van der Waals surface area contributed by atoms with Crippen molar-refractivity contribution in [2.45, 2.75) is 13.0 Å². The summed E-state index contributed by atoms with van der Waals surface area (Å²) in [4.78, 5) is 9.69. The molecule has 0 radical (unpaired) electrons. The van der Waals surface area contributed by atoms with Crippen LogP contribution in [0.2, 0.25) is 0 Å². The molecular formula is C3H7NO. The first-order valence-electron chi connectivity index (χ1n) is 1.90. The zero-order valence-corrected chi connectivity index (χ0v) is 3.06. The number of hydrogen-bond acceptors (Lipinski definition) is 2. The van der Waals surface area contributed by atoms with Crippen LogP contribution in [-0.4, -0.2) is 12.3 Å². The predicted molar refractivity (Wildman–Crippen MR) is 19.7 cm³/mol. The Balaban J connectivity index is 3.26. The number of carbonyl (C=O) groups is 1. The first-order chi connectivity index (χ1) is 2.64. The molecule has 5 heavy (non-hydrogen) atoms. The molecule has 2 heteroatoms. The molecule has 0 bridgehead atoms. The van der Waals surface area contributed by atoms with Gasteiger partial charge in [-0.15, -0.1) is 0 Å². The minimum Gasteiger partial charge on any atom is -0.322 e. The molecule has 30 valence electrons. The van der Waals surface area contributed by atoms with Gasteiger partial charge in [0.2, 0.25) is 0 Å². The van der Waals surface area contributed by atoms with Crippen LogP contribution in [0.15, 0.2) is 0 Å². The third-order valence-corrected chi connectivity index (χ3v) is 0.186. The summed E-state index contributed by atoms with van der Waals surface area (Å²) in [5.41, 5.74) is 4.90. The summed E-state index contributed by atoms with van der Waals surface area (Å²) in [5, 5.41) is 0. The average molecular weight is 74.1 g/mol. The highest BCUT2D eigenvalue weighted by molar-refractivity contribution is 5.55. The van der Waals surface area contributed by atoms with Gasteiger partial charge >= 0.3 is 0 Å². The second-order valence-electron chi connectivity index (χ2n) is 0.907. The smallest absolute Gasteiger partial charge is 0.136 e. The lowest BCUT2D eigenvalue weighted by Crippen LogP contribution is -2.15. The van der Waals surface area contributed by atoms with Gasteiger partial charge in [-0.25, -0.2) is 0 Å². The molecular weight excluding hydrogens is 66.0 g/mol. The van der Waals surface area contributed by atoms with E-state index in [1.807, 2.05) is 0 Å². The van der Waals surface area contributed by atoms with Crippen molar-refractivity contribution in [1.29, 1.82) is 0 Å². The van der Waals surface area contributed by atoms with Gasteiger partial charge in [-0.1, -0.05) is 0 Å². The molecule has 0 aromatic carbocycles. The zero-order chi connectivity index (χ0) is 5.15. The van der Waals surface area contributed by atoms with Crippen LogP contribution in [0.5, 0.6) is 0 Å². The molecule has 2 nitrogen and oxygen atoms in total. The summed E-state index contributed by atoms with van der Waals surface area (Å²) in [6, 6.07) is -0.620. The van der Waals surface area contributed by atoms with Crippen molar-refractivity contribution in [1.82, 2.24) is 0 Å². The summed E-state index contributed by atoms with van der Waals surface area (Å²) < 4.78 is 6.27. The van der Waals surface area contributed by atoms with E-state index in [0.717, 1.165) is 0 Å². The molecule has 0 saturated carbocycles. The van der Waals surface area contributed by atoms with Crippen molar-refractivity contribution in [3.05, 3.63) is 0 Å². The minimum atomic E-state index is -0.713. The van der Waals surface area contributed by atoms with Gasteiger partial charge in [0.1, 0.15) is 7.63 Å². The molecule has 0 unspecified atom stereocenters. The van der Waals surface area contributed by atoms with Crippen LogP contribution in [-0.2, 0) is 4.79 Å². The molecule has 0 spiro atoms. The van der Waals surface area contributed by atoms with Crippen molar-refractivity contribution in [3.63, 3.8) is 0 Å². The van der Waals surface area contributed by atoms with Gasteiger partial charge in [0.05, 0.1) is 6.04 Å². The van der Waals surface area contributed by atoms with Crippen molar-refractivity contribution >= 4 is 6.26 Å². The number of nitrogens with two attached hydrogens (primary N) is 1. The molecule has 0 aliphatic carbocycles. The molecule has 0 saturated heterocycles. The third kappa shape index (κ3) is 3.63. The van der Waals surface area contributed by atoms with E-state index in [1.54, 1.807) is 0 Å². The van der Waals surface area contributed by atoms with E-state index in [9.17, 15) is 4.79 Å². The lowest BCUT2D eigenvalue weighted by Gasteiger charge is -1.80. The fourth-order valence-corrected chi connectivity index (χ4v) is 0. The SMILES string of the molecule is [2H]C(=O)[C@@H](C)N. The standard InChI is InChI=1S/C3H7NO/c1-3(4)2-5/h2-3H,4H2,1H3/t3-/m1/s1/i2D. The molecule has 0 aromatic rings. The Morgan fingerprint density at radius 1 is 2.40 bits per heavy atom. The minimum absolute atomic E-state index is 0.620. The van der Waals surface area contributed by atoms with Gasteiger partial charge in [0, 0.05) is 0 Å². The van der Waals surface area contributed by atoms with Crippen LogP contribution in [0.25, 0.3) is 0 Å². The quantitative estimate of drug-likeness (QED) is 0.427. The highest BCUT2D eigenvalue weighted by atomic mass is 16.1. The van der Waals surface area contributed by atoms with E-state index >= 15 is 0 Å². The lowest BCUT2D eigenvalue weighted by atomic mass is 10.4. The summed E-state index contributed by atoms with van der Waals surface area (Å²) in [7, 11) is 0. The van der Waals surface area contributed by atoms with E-state index in [2.05, 4.69) is 0 Å². The molecule has 0 amide bonds. The van der Waals surface area contributed by atoms with Crippen LogP contribution in [0.4, 0.5) is 0 Å². The molecule has 2 N–H and O–H groups in total. The number of hydrogen-bond donors (Lipinski definition) is 1. The van der Waals surface area contributed by atoms with Gasteiger partial charge < -0.3 is 10.5 Å². The summed E-state index contributed by atoms with van der Waals surface area (Å²) in [5.74, 6) is 0. The molecule has 1 atom stereocenters. The van der Waals surface area contributed by atoms with E-state index in [1.165, 1.54) is 6.92 Å². The Bertz CT molecular complexity index is 61.8. The van der Waals surface area contributed by atoms with Crippen LogP contribution in [0.1, 0.15) is 8.29 Å². The molecule has 0 aromatic heterocycles. The van der Waals surface area contributed by atoms with E-state index in [4.69, 9.17) is 7.10 Å². The van der Waals surface area contributed by atoms with Crippen LogP contribution in [0, 0.1) is 0 Å². The Kier molecular flexibility index (Phi) is 1.08. The summed E-state index contributed by atoms with van der Waals surface area (Å²) >= 11 is 0. The van der Waals surface area contributed by atoms with Gasteiger partial charge in [-0.05, 0) is 6.92 Å². The highest BCUT2D eigenvalue weighted by Gasteiger charge is 1.79. The van der Waals surface area contributed by atoms with Crippen molar-refractivity contribution < 1.29 is 6.17 Å². The Morgan fingerprint density at radius 2 is 2.60 bits per heavy atom. The van der Waals surface area contributed by atoms with Gasteiger partial charge in [0.15, 0.2) is 0 Å². The molecule has 0 fully saturated rings. The molecule has 0 rings (SSSR count). The maximum Gasteiger partial charge on any atom is 0.136 e. The molecule has 0 aliphatic rings. The van der Waals surface area contributed by atoms with Gasteiger partial charge in [-0.3, -0.25) is 0 Å². The fraction of sp³-hybridized carbons (Fsp3) is 0.667. The molecule has 0 heterocycles. The zero-order valence-electron chi connectivity index (χ0n) is 4.06. The van der Waals surface area contributed by atoms with Gasteiger partial charge in [-0.2, -0.15) is 0 Å². The fourth-order valence-electron chi connectivity index (χ4n) is 0. The number of aldehydes is 1.